The van der Waals surface area contributed by atoms with Crippen LogP contribution in [0, 0.1) is 0 Å². The number of nitrogens with two attached hydrogens (primary N) is 1. The lowest BCUT2D eigenvalue weighted by Gasteiger charge is -2.11. The minimum atomic E-state index is -0.0115. The van der Waals surface area contributed by atoms with Crippen molar-refractivity contribution in [3.63, 3.8) is 0 Å². The third kappa shape index (κ3) is 2.56. The van der Waals surface area contributed by atoms with Crippen LogP contribution in [0.5, 0.6) is 5.75 Å². The van der Waals surface area contributed by atoms with Crippen LogP contribution in [0.15, 0.2) is 38.5 Å². The SMILES string of the molecule is N/C(COc1c(Br)cc(Br)c2cccnc12)=N\O. The third-order valence-corrected chi connectivity index (χ3v) is 3.49. The minimum absolute atomic E-state index is 0.00565. The lowest BCUT2D eigenvalue weighted by Crippen LogP contribution is -2.21. The molecule has 0 aliphatic carbocycles. The molecule has 3 N–H and O–H groups in total. The van der Waals surface area contributed by atoms with Crippen molar-refractivity contribution >= 4 is 48.6 Å². The van der Waals surface area contributed by atoms with Gasteiger partial charge >= 0.3 is 0 Å². The van der Waals surface area contributed by atoms with Crippen LogP contribution >= 0.6 is 31.9 Å². The van der Waals surface area contributed by atoms with Gasteiger partial charge in [0.25, 0.3) is 0 Å². The van der Waals surface area contributed by atoms with Crippen molar-refractivity contribution < 1.29 is 9.94 Å². The fourth-order valence-corrected chi connectivity index (χ4v) is 2.85. The highest BCUT2D eigenvalue weighted by Crippen LogP contribution is 2.37. The number of pyridine rings is 1. The number of halogens is 2. The minimum Gasteiger partial charge on any atom is -0.482 e. The quantitative estimate of drug-likeness (QED) is 0.374. The fourth-order valence-electron chi connectivity index (χ4n) is 1.46. The molecule has 0 spiro atoms. The number of hydrogen-bond donors (Lipinski definition) is 2. The number of benzene rings is 1. The van der Waals surface area contributed by atoms with Crippen LogP contribution in [-0.4, -0.2) is 22.6 Å². The van der Waals surface area contributed by atoms with Gasteiger partial charge < -0.3 is 15.7 Å². The molecule has 0 aliphatic heterocycles. The van der Waals surface area contributed by atoms with E-state index in [2.05, 4.69) is 42.0 Å². The van der Waals surface area contributed by atoms with Gasteiger partial charge in [-0.3, -0.25) is 4.98 Å². The highest BCUT2D eigenvalue weighted by atomic mass is 79.9. The topological polar surface area (TPSA) is 80.7 Å². The average Bonchev–Trinajstić information content (AvgIpc) is 2.38. The molecule has 0 saturated carbocycles. The summed E-state index contributed by atoms with van der Waals surface area (Å²) in [6.07, 6.45) is 1.68. The molecule has 0 radical (unpaired) electrons. The lowest BCUT2D eigenvalue weighted by molar-refractivity contribution is 0.306. The van der Waals surface area contributed by atoms with Crippen molar-refractivity contribution in [1.82, 2.24) is 4.98 Å². The van der Waals surface area contributed by atoms with E-state index in [9.17, 15) is 0 Å². The average molecular weight is 375 g/mol. The summed E-state index contributed by atoms with van der Waals surface area (Å²) in [4.78, 5) is 4.28. The van der Waals surface area contributed by atoms with Gasteiger partial charge in [0.15, 0.2) is 11.6 Å². The number of oxime groups is 1. The molecule has 0 saturated heterocycles. The maximum absolute atomic E-state index is 8.49. The van der Waals surface area contributed by atoms with Crippen LogP contribution in [0.2, 0.25) is 0 Å². The third-order valence-electron chi connectivity index (χ3n) is 2.24. The van der Waals surface area contributed by atoms with Gasteiger partial charge in [-0.1, -0.05) is 27.2 Å². The Bertz CT molecular complexity index is 617. The Balaban J connectivity index is 2.49. The molecule has 18 heavy (non-hydrogen) atoms. The first kappa shape index (κ1) is 13.1. The predicted octanol–water partition coefficient (Wildman–Crippen LogP) is 2.89. The Labute approximate surface area is 120 Å². The number of aromatic nitrogens is 1. The lowest BCUT2D eigenvalue weighted by atomic mass is 10.2. The van der Waals surface area contributed by atoms with E-state index in [-0.39, 0.29) is 12.4 Å². The maximum atomic E-state index is 8.49. The molecular formula is C11H9Br2N3O2. The monoisotopic (exact) mass is 373 g/mol. The van der Waals surface area contributed by atoms with Crippen LogP contribution in [0.4, 0.5) is 0 Å². The molecule has 0 fully saturated rings. The molecule has 1 aromatic carbocycles. The van der Waals surface area contributed by atoms with Crippen molar-refractivity contribution in [2.45, 2.75) is 0 Å². The van der Waals surface area contributed by atoms with Gasteiger partial charge in [0, 0.05) is 16.1 Å². The number of amidine groups is 1. The Kier molecular flexibility index (Phi) is 4.03. The summed E-state index contributed by atoms with van der Waals surface area (Å²) < 4.78 is 7.16. The van der Waals surface area contributed by atoms with Gasteiger partial charge in [0.1, 0.15) is 12.1 Å². The van der Waals surface area contributed by atoms with Crippen LogP contribution in [0.25, 0.3) is 10.9 Å². The first-order valence-electron chi connectivity index (χ1n) is 4.95. The van der Waals surface area contributed by atoms with Crippen LogP contribution < -0.4 is 10.5 Å². The second kappa shape index (κ2) is 5.53. The van der Waals surface area contributed by atoms with Gasteiger partial charge in [-0.2, -0.15) is 0 Å². The summed E-state index contributed by atoms with van der Waals surface area (Å²) in [6.45, 7) is -0.0115. The van der Waals surface area contributed by atoms with E-state index in [1.54, 1.807) is 6.20 Å². The van der Waals surface area contributed by atoms with E-state index in [0.717, 1.165) is 14.3 Å². The van der Waals surface area contributed by atoms with E-state index < -0.39 is 0 Å². The first-order chi connectivity index (χ1) is 8.63. The van der Waals surface area contributed by atoms with Gasteiger partial charge in [-0.05, 0) is 28.1 Å². The molecule has 94 valence electrons. The van der Waals surface area contributed by atoms with E-state index in [4.69, 9.17) is 15.7 Å². The summed E-state index contributed by atoms with van der Waals surface area (Å²) in [5, 5.41) is 12.3. The number of ether oxygens (including phenoxy) is 1. The zero-order valence-electron chi connectivity index (χ0n) is 9.10. The van der Waals surface area contributed by atoms with Gasteiger partial charge in [0.05, 0.1) is 4.47 Å². The molecule has 0 bridgehead atoms. The van der Waals surface area contributed by atoms with Crippen molar-refractivity contribution in [1.29, 1.82) is 0 Å². The van der Waals surface area contributed by atoms with Crippen molar-refractivity contribution in [3.05, 3.63) is 33.3 Å². The fraction of sp³-hybridized carbons (Fsp3) is 0.0909. The number of fused-ring (bicyclic) bond motifs is 1. The zero-order valence-corrected chi connectivity index (χ0v) is 12.3. The molecule has 0 amide bonds. The Morgan fingerprint density at radius 3 is 2.94 bits per heavy atom. The van der Waals surface area contributed by atoms with E-state index >= 15 is 0 Å². The molecule has 0 unspecified atom stereocenters. The highest BCUT2D eigenvalue weighted by molar-refractivity contribution is 9.11. The standard InChI is InChI=1S/C11H9Br2N3O2/c12-7-4-8(13)11(18-5-9(14)16-17)10-6(7)2-1-3-15-10/h1-4,17H,5H2,(H2,14,16). The molecule has 1 aromatic heterocycles. The van der Waals surface area contributed by atoms with Gasteiger partial charge in [0.2, 0.25) is 0 Å². The summed E-state index contributed by atoms with van der Waals surface area (Å²) in [5.41, 5.74) is 6.07. The molecule has 5 nitrogen and oxygen atoms in total. The van der Waals surface area contributed by atoms with Crippen molar-refractivity contribution in [3.8, 4) is 5.75 Å². The summed E-state index contributed by atoms with van der Waals surface area (Å²) in [5.74, 6) is 0.550. The van der Waals surface area contributed by atoms with Crippen molar-refractivity contribution in [2.24, 2.45) is 10.9 Å². The normalized spacial score (nSPS) is 11.8. The van der Waals surface area contributed by atoms with E-state index in [1.807, 2.05) is 18.2 Å². The predicted molar refractivity (Wildman–Crippen MR) is 76.0 cm³/mol. The smallest absolute Gasteiger partial charge is 0.177 e. The van der Waals surface area contributed by atoms with Gasteiger partial charge in [-0.15, -0.1) is 0 Å². The Morgan fingerprint density at radius 1 is 1.44 bits per heavy atom. The molecule has 0 atom stereocenters. The van der Waals surface area contributed by atoms with E-state index in [0.29, 0.717) is 11.3 Å². The number of rotatable bonds is 3. The van der Waals surface area contributed by atoms with Crippen LogP contribution in [-0.2, 0) is 0 Å². The summed E-state index contributed by atoms with van der Waals surface area (Å²) >= 11 is 6.86. The molecule has 0 aliphatic rings. The molecule has 1 heterocycles. The highest BCUT2D eigenvalue weighted by Gasteiger charge is 2.12. The number of hydrogen-bond acceptors (Lipinski definition) is 4. The summed E-state index contributed by atoms with van der Waals surface area (Å²) in [7, 11) is 0. The largest absolute Gasteiger partial charge is 0.482 e. The first-order valence-corrected chi connectivity index (χ1v) is 6.54. The van der Waals surface area contributed by atoms with Gasteiger partial charge in [-0.25, -0.2) is 0 Å². The molecule has 2 aromatic rings. The zero-order chi connectivity index (χ0) is 13.1. The second-order valence-corrected chi connectivity index (χ2v) is 5.16. The van der Waals surface area contributed by atoms with Crippen molar-refractivity contribution in [2.75, 3.05) is 6.61 Å². The molecule has 7 heteroatoms. The Hall–Kier alpha value is -1.34. The number of nitrogens with zero attached hydrogens (tertiary/aromatic N) is 2. The molecule has 2 rings (SSSR count). The van der Waals surface area contributed by atoms with Crippen LogP contribution in [0.1, 0.15) is 0 Å². The molecular weight excluding hydrogens is 366 g/mol. The second-order valence-electron chi connectivity index (χ2n) is 3.45. The maximum Gasteiger partial charge on any atom is 0.177 e. The summed E-state index contributed by atoms with van der Waals surface area (Å²) in [6, 6.07) is 5.63. The van der Waals surface area contributed by atoms with E-state index in [1.165, 1.54) is 0 Å². The Morgan fingerprint density at radius 2 is 2.22 bits per heavy atom. The van der Waals surface area contributed by atoms with Crippen LogP contribution in [0.3, 0.4) is 0 Å².